The van der Waals surface area contributed by atoms with Gasteiger partial charge >= 0.3 is 5.97 Å². The molecule has 0 amide bonds. The molecule has 2 rings (SSSR count). The van der Waals surface area contributed by atoms with Gasteiger partial charge in [-0.2, -0.15) is 0 Å². The van der Waals surface area contributed by atoms with Crippen molar-refractivity contribution in [2.45, 2.75) is 0 Å². The number of carbonyl (C=O) groups excluding carboxylic acids is 1. The Morgan fingerprint density at radius 3 is 2.87 bits per heavy atom. The predicted octanol–water partition coefficient (Wildman–Crippen LogP) is 2.78. The van der Waals surface area contributed by atoms with Crippen LogP contribution < -0.4 is 0 Å². The van der Waals surface area contributed by atoms with Gasteiger partial charge in [-0.1, -0.05) is 24.3 Å². The number of pyridine rings is 1. The minimum atomic E-state index is -0.424. The molecule has 76 valence electrons. The number of hydrogen-bond acceptors (Lipinski definition) is 3. The number of benzene rings is 1. The molecule has 0 bridgehead atoms. The zero-order chi connectivity index (χ0) is 10.8. The Hall–Kier alpha value is -1.42. The molecule has 0 unspecified atom stereocenters. The van der Waals surface area contributed by atoms with Crippen molar-refractivity contribution < 1.29 is 9.53 Å². The van der Waals surface area contributed by atoms with E-state index in [1.807, 2.05) is 30.3 Å². The van der Waals surface area contributed by atoms with Crippen LogP contribution in [0.1, 0.15) is 10.5 Å². The first-order valence-electron chi connectivity index (χ1n) is 4.36. The summed E-state index contributed by atoms with van der Waals surface area (Å²) in [6.45, 7) is 0. The molecule has 0 fully saturated rings. The zero-order valence-electron chi connectivity index (χ0n) is 8.03. The highest BCUT2D eigenvalue weighted by Gasteiger charge is 2.12. The Kier molecular flexibility index (Phi) is 2.68. The summed E-state index contributed by atoms with van der Waals surface area (Å²) in [6.07, 6.45) is 0. The number of fused-ring (bicyclic) bond motifs is 1. The van der Waals surface area contributed by atoms with Gasteiger partial charge < -0.3 is 4.74 Å². The van der Waals surface area contributed by atoms with Crippen LogP contribution in [-0.2, 0) is 4.74 Å². The molecule has 0 radical (unpaired) electrons. The first kappa shape index (κ1) is 10.1. The maximum absolute atomic E-state index is 11.5. The molecule has 0 saturated heterocycles. The van der Waals surface area contributed by atoms with E-state index >= 15 is 0 Å². The summed E-state index contributed by atoms with van der Waals surface area (Å²) in [5.41, 5.74) is 0.336. The van der Waals surface area contributed by atoms with Gasteiger partial charge in [0.1, 0.15) is 4.60 Å². The molecular formula is C11H8BrNO2. The van der Waals surface area contributed by atoms with Gasteiger partial charge in [0.15, 0.2) is 5.69 Å². The third kappa shape index (κ3) is 1.85. The fourth-order valence-corrected chi connectivity index (χ4v) is 1.84. The number of rotatable bonds is 1. The van der Waals surface area contributed by atoms with Crippen molar-refractivity contribution in [3.05, 3.63) is 40.6 Å². The summed E-state index contributed by atoms with van der Waals surface area (Å²) in [7, 11) is 1.35. The summed E-state index contributed by atoms with van der Waals surface area (Å²) in [5.74, 6) is -0.424. The van der Waals surface area contributed by atoms with Gasteiger partial charge in [-0.15, -0.1) is 0 Å². The van der Waals surface area contributed by atoms with Gasteiger partial charge in [0.2, 0.25) is 0 Å². The third-order valence-electron chi connectivity index (χ3n) is 2.09. The van der Waals surface area contributed by atoms with Gasteiger partial charge in [-0.05, 0) is 27.4 Å². The molecule has 2 aromatic rings. The highest BCUT2D eigenvalue weighted by molar-refractivity contribution is 9.10. The van der Waals surface area contributed by atoms with Crippen LogP contribution in [0, 0.1) is 0 Å². The third-order valence-corrected chi connectivity index (χ3v) is 2.49. The Labute approximate surface area is 95.2 Å². The summed E-state index contributed by atoms with van der Waals surface area (Å²) < 4.78 is 5.30. The first-order valence-corrected chi connectivity index (χ1v) is 5.15. The number of esters is 1. The second kappa shape index (κ2) is 3.98. The van der Waals surface area contributed by atoms with Crippen molar-refractivity contribution in [3.8, 4) is 0 Å². The lowest BCUT2D eigenvalue weighted by Crippen LogP contribution is -2.05. The number of aromatic nitrogens is 1. The largest absolute Gasteiger partial charge is 0.464 e. The highest BCUT2D eigenvalue weighted by atomic mass is 79.9. The predicted molar refractivity (Wildman–Crippen MR) is 60.8 cm³/mol. The molecule has 3 nitrogen and oxygen atoms in total. The maximum Gasteiger partial charge on any atom is 0.357 e. The second-order valence-electron chi connectivity index (χ2n) is 3.01. The van der Waals surface area contributed by atoms with Crippen LogP contribution in [-0.4, -0.2) is 18.1 Å². The highest BCUT2D eigenvalue weighted by Crippen LogP contribution is 2.21. The molecular weight excluding hydrogens is 258 g/mol. The molecule has 0 saturated carbocycles. The van der Waals surface area contributed by atoms with Crippen LogP contribution in [0.25, 0.3) is 10.8 Å². The van der Waals surface area contributed by atoms with Crippen LogP contribution in [0.2, 0.25) is 0 Å². The summed E-state index contributed by atoms with van der Waals surface area (Å²) in [5, 5.41) is 1.76. The van der Waals surface area contributed by atoms with Crippen molar-refractivity contribution in [2.75, 3.05) is 7.11 Å². The van der Waals surface area contributed by atoms with Crippen LogP contribution in [0.3, 0.4) is 0 Å². The molecule has 15 heavy (non-hydrogen) atoms. The molecule has 0 spiro atoms. The average Bonchev–Trinajstić information content (AvgIpc) is 2.26. The van der Waals surface area contributed by atoms with E-state index in [9.17, 15) is 4.79 Å². The summed E-state index contributed by atoms with van der Waals surface area (Å²) >= 11 is 3.26. The fraction of sp³-hybridized carbons (Fsp3) is 0.0909. The number of carbonyl (C=O) groups is 1. The minimum Gasteiger partial charge on any atom is -0.464 e. The van der Waals surface area contributed by atoms with E-state index < -0.39 is 5.97 Å². The van der Waals surface area contributed by atoms with Crippen LogP contribution in [0.4, 0.5) is 0 Å². The lowest BCUT2D eigenvalue weighted by atomic mass is 10.1. The average molecular weight is 266 g/mol. The van der Waals surface area contributed by atoms with Gasteiger partial charge in [-0.25, -0.2) is 9.78 Å². The normalized spacial score (nSPS) is 10.3. The number of methoxy groups -OCH3 is 1. The maximum atomic E-state index is 11.5. The number of hydrogen-bond donors (Lipinski definition) is 0. The molecule has 0 aliphatic carbocycles. The van der Waals surface area contributed by atoms with E-state index in [-0.39, 0.29) is 0 Å². The van der Waals surface area contributed by atoms with Crippen LogP contribution in [0.5, 0.6) is 0 Å². The Balaban J connectivity index is 2.76. The molecule has 4 heteroatoms. The van der Waals surface area contributed by atoms with Gasteiger partial charge in [-0.3, -0.25) is 0 Å². The number of halogens is 1. The van der Waals surface area contributed by atoms with Gasteiger partial charge in [0.25, 0.3) is 0 Å². The molecule has 1 aromatic carbocycles. The van der Waals surface area contributed by atoms with Crippen molar-refractivity contribution in [3.63, 3.8) is 0 Å². The van der Waals surface area contributed by atoms with E-state index in [0.29, 0.717) is 10.3 Å². The van der Waals surface area contributed by atoms with E-state index in [1.54, 1.807) is 0 Å². The van der Waals surface area contributed by atoms with E-state index in [4.69, 9.17) is 0 Å². The van der Waals surface area contributed by atoms with Crippen LogP contribution >= 0.6 is 15.9 Å². The van der Waals surface area contributed by atoms with Crippen LogP contribution in [0.15, 0.2) is 34.9 Å². The Morgan fingerprint density at radius 1 is 1.40 bits per heavy atom. The lowest BCUT2D eigenvalue weighted by Gasteiger charge is -2.04. The fourth-order valence-electron chi connectivity index (χ4n) is 1.42. The van der Waals surface area contributed by atoms with E-state index in [0.717, 1.165) is 10.8 Å². The summed E-state index contributed by atoms with van der Waals surface area (Å²) in [4.78, 5) is 15.6. The molecule has 0 N–H and O–H groups in total. The number of nitrogens with zero attached hydrogens (tertiary/aromatic N) is 1. The van der Waals surface area contributed by atoms with Crippen molar-refractivity contribution >= 4 is 32.7 Å². The zero-order valence-corrected chi connectivity index (χ0v) is 9.61. The monoisotopic (exact) mass is 265 g/mol. The van der Waals surface area contributed by atoms with Crippen molar-refractivity contribution in [1.29, 1.82) is 0 Å². The summed E-state index contributed by atoms with van der Waals surface area (Å²) in [6, 6.07) is 9.41. The van der Waals surface area contributed by atoms with E-state index in [2.05, 4.69) is 25.7 Å². The smallest absolute Gasteiger partial charge is 0.357 e. The minimum absolute atomic E-state index is 0.336. The van der Waals surface area contributed by atoms with Crippen molar-refractivity contribution in [1.82, 2.24) is 4.98 Å². The topological polar surface area (TPSA) is 39.2 Å². The lowest BCUT2D eigenvalue weighted by molar-refractivity contribution is 0.0596. The SMILES string of the molecule is COC(=O)c1nc(Br)cc2ccccc12. The Morgan fingerprint density at radius 2 is 2.13 bits per heavy atom. The molecule has 1 heterocycles. The molecule has 0 aliphatic heterocycles. The first-order chi connectivity index (χ1) is 7.22. The molecule has 1 aromatic heterocycles. The molecule has 0 atom stereocenters. The number of ether oxygens (including phenoxy) is 1. The molecule has 0 aliphatic rings. The van der Waals surface area contributed by atoms with E-state index in [1.165, 1.54) is 7.11 Å². The quantitative estimate of drug-likeness (QED) is 0.588. The van der Waals surface area contributed by atoms with Gasteiger partial charge in [0, 0.05) is 5.39 Å². The van der Waals surface area contributed by atoms with Gasteiger partial charge in [0.05, 0.1) is 7.11 Å². The standard InChI is InChI=1S/C11H8BrNO2/c1-15-11(14)10-8-5-3-2-4-7(8)6-9(12)13-10/h2-6H,1H3. The Bertz CT molecular complexity index is 525. The van der Waals surface area contributed by atoms with Crippen molar-refractivity contribution in [2.24, 2.45) is 0 Å². The second-order valence-corrected chi connectivity index (χ2v) is 3.82.